The third-order valence-corrected chi connectivity index (χ3v) is 7.28. The number of rotatable bonds is 7. The Morgan fingerprint density at radius 2 is 1.58 bits per heavy atom. The molecule has 0 spiro atoms. The topological polar surface area (TPSA) is 106 Å². The Morgan fingerprint density at radius 1 is 0.833 bits per heavy atom. The monoisotopic (exact) mass is 500 g/mol. The fraction of sp³-hybridized carbons (Fsp3) is 0.111. The molecule has 182 valence electrons. The van der Waals surface area contributed by atoms with E-state index in [0.717, 1.165) is 38.9 Å². The van der Waals surface area contributed by atoms with E-state index in [-0.39, 0.29) is 4.90 Å². The molecule has 0 atom stereocenters. The van der Waals surface area contributed by atoms with E-state index in [1.807, 2.05) is 37.4 Å². The van der Waals surface area contributed by atoms with Crippen LogP contribution in [0, 0.1) is 6.92 Å². The molecule has 0 fully saturated rings. The molecule has 0 saturated carbocycles. The van der Waals surface area contributed by atoms with Crippen LogP contribution < -0.4 is 14.2 Å². The average molecular weight is 501 g/mol. The van der Waals surface area contributed by atoms with Crippen LogP contribution in [0.4, 0.5) is 5.69 Å². The van der Waals surface area contributed by atoms with Crippen LogP contribution in [0.25, 0.3) is 33.3 Å². The molecule has 0 aliphatic carbocycles. The van der Waals surface area contributed by atoms with Crippen LogP contribution in [0.3, 0.4) is 0 Å². The predicted octanol–water partition coefficient (Wildman–Crippen LogP) is 5.42. The molecule has 2 aromatic carbocycles. The molecule has 0 radical (unpaired) electrons. The van der Waals surface area contributed by atoms with E-state index in [0.29, 0.717) is 17.2 Å². The number of aromatic nitrogens is 3. The molecule has 9 heteroatoms. The minimum Gasteiger partial charge on any atom is -0.493 e. The summed E-state index contributed by atoms with van der Waals surface area (Å²) in [5, 5.41) is 0.908. The Morgan fingerprint density at radius 3 is 2.33 bits per heavy atom. The summed E-state index contributed by atoms with van der Waals surface area (Å²) in [6, 6.07) is 16.1. The molecule has 8 nitrogen and oxygen atoms in total. The van der Waals surface area contributed by atoms with E-state index >= 15 is 0 Å². The maximum absolute atomic E-state index is 12.8. The Bertz CT molecular complexity index is 1660. The van der Waals surface area contributed by atoms with Crippen LogP contribution in [0.5, 0.6) is 11.5 Å². The quantitative estimate of drug-likeness (QED) is 0.309. The van der Waals surface area contributed by atoms with Crippen molar-refractivity contribution in [3.05, 3.63) is 84.9 Å². The summed E-state index contributed by atoms with van der Waals surface area (Å²) < 4.78 is 39.1. The second-order valence-electron chi connectivity index (χ2n) is 8.27. The Labute approximate surface area is 209 Å². The van der Waals surface area contributed by atoms with E-state index in [9.17, 15) is 8.42 Å². The van der Waals surface area contributed by atoms with Crippen molar-refractivity contribution >= 4 is 26.7 Å². The molecule has 5 rings (SSSR count). The van der Waals surface area contributed by atoms with Gasteiger partial charge in [-0.15, -0.1) is 0 Å². The molecular weight excluding hydrogens is 476 g/mol. The van der Waals surface area contributed by atoms with Gasteiger partial charge in [0, 0.05) is 40.7 Å². The first-order valence-corrected chi connectivity index (χ1v) is 12.6. The SMILES string of the molecule is COc1ccc(-c2c[nH]c3ncc(-c4cncc(NS(=O)(=O)c5ccc(C)cc5)c4)cc23)cc1OC. The number of nitrogens with one attached hydrogen (secondary N) is 2. The summed E-state index contributed by atoms with van der Waals surface area (Å²) in [5.74, 6) is 1.28. The molecule has 0 bridgehead atoms. The van der Waals surface area contributed by atoms with Gasteiger partial charge in [-0.05, 0) is 48.9 Å². The first-order valence-electron chi connectivity index (χ1n) is 11.1. The number of aromatic amines is 1. The lowest BCUT2D eigenvalue weighted by atomic mass is 10.0. The van der Waals surface area contributed by atoms with Gasteiger partial charge in [-0.2, -0.15) is 0 Å². The van der Waals surface area contributed by atoms with Crippen molar-refractivity contribution in [2.45, 2.75) is 11.8 Å². The van der Waals surface area contributed by atoms with E-state index in [1.54, 1.807) is 56.9 Å². The second-order valence-corrected chi connectivity index (χ2v) is 9.96. The molecule has 0 aliphatic heterocycles. The van der Waals surface area contributed by atoms with E-state index in [4.69, 9.17) is 9.47 Å². The fourth-order valence-corrected chi connectivity index (χ4v) is 5.02. The van der Waals surface area contributed by atoms with Gasteiger partial charge in [0.05, 0.1) is 31.0 Å². The Hall–Kier alpha value is -4.37. The van der Waals surface area contributed by atoms with Crippen LogP contribution in [-0.4, -0.2) is 37.6 Å². The number of methoxy groups -OCH3 is 2. The van der Waals surface area contributed by atoms with Crippen LogP contribution in [0.1, 0.15) is 5.56 Å². The maximum Gasteiger partial charge on any atom is 0.261 e. The molecule has 3 heterocycles. The highest BCUT2D eigenvalue weighted by Crippen LogP contribution is 2.36. The van der Waals surface area contributed by atoms with Crippen molar-refractivity contribution < 1.29 is 17.9 Å². The number of benzene rings is 2. The lowest BCUT2D eigenvalue weighted by molar-refractivity contribution is 0.355. The highest BCUT2D eigenvalue weighted by molar-refractivity contribution is 7.92. The third kappa shape index (κ3) is 4.48. The molecule has 0 aliphatic rings. The summed E-state index contributed by atoms with van der Waals surface area (Å²) in [5.41, 5.74) is 5.49. The molecule has 0 unspecified atom stereocenters. The number of aryl methyl sites for hydroxylation is 1. The minimum absolute atomic E-state index is 0.188. The van der Waals surface area contributed by atoms with Gasteiger partial charge in [0.1, 0.15) is 5.65 Å². The molecule has 5 aromatic rings. The van der Waals surface area contributed by atoms with Crippen LogP contribution in [-0.2, 0) is 10.0 Å². The van der Waals surface area contributed by atoms with Gasteiger partial charge in [-0.1, -0.05) is 23.8 Å². The van der Waals surface area contributed by atoms with Gasteiger partial charge in [-0.25, -0.2) is 13.4 Å². The van der Waals surface area contributed by atoms with Crippen LogP contribution in [0.2, 0.25) is 0 Å². The number of pyridine rings is 2. The van der Waals surface area contributed by atoms with Gasteiger partial charge >= 0.3 is 0 Å². The van der Waals surface area contributed by atoms with Gasteiger partial charge in [0.2, 0.25) is 0 Å². The van der Waals surface area contributed by atoms with Crippen LogP contribution in [0.15, 0.2) is 84.3 Å². The van der Waals surface area contributed by atoms with Gasteiger partial charge in [-0.3, -0.25) is 9.71 Å². The number of hydrogen-bond donors (Lipinski definition) is 2. The van der Waals surface area contributed by atoms with Gasteiger partial charge < -0.3 is 14.5 Å². The van der Waals surface area contributed by atoms with E-state index in [1.165, 1.54) is 6.20 Å². The second kappa shape index (κ2) is 9.35. The Kier molecular flexibility index (Phi) is 6.07. The first-order chi connectivity index (χ1) is 17.4. The first kappa shape index (κ1) is 23.4. The van der Waals surface area contributed by atoms with E-state index < -0.39 is 10.0 Å². The smallest absolute Gasteiger partial charge is 0.261 e. The number of anilines is 1. The zero-order valence-electron chi connectivity index (χ0n) is 19.9. The lowest BCUT2D eigenvalue weighted by Gasteiger charge is -2.10. The van der Waals surface area contributed by atoms with E-state index in [2.05, 4.69) is 19.7 Å². The van der Waals surface area contributed by atoms with Gasteiger partial charge in [0.25, 0.3) is 10.0 Å². The van der Waals surface area contributed by atoms with Crippen molar-refractivity contribution in [3.63, 3.8) is 0 Å². The summed E-state index contributed by atoms with van der Waals surface area (Å²) >= 11 is 0. The van der Waals surface area contributed by atoms with Crippen molar-refractivity contribution in [2.75, 3.05) is 18.9 Å². The third-order valence-electron chi connectivity index (χ3n) is 5.88. The zero-order chi connectivity index (χ0) is 25.3. The summed E-state index contributed by atoms with van der Waals surface area (Å²) in [7, 11) is -0.542. The summed E-state index contributed by atoms with van der Waals surface area (Å²) in [4.78, 5) is 12.2. The highest BCUT2D eigenvalue weighted by Gasteiger charge is 2.16. The van der Waals surface area contributed by atoms with Crippen molar-refractivity contribution in [1.82, 2.24) is 15.0 Å². The normalized spacial score (nSPS) is 11.4. The van der Waals surface area contributed by atoms with Crippen molar-refractivity contribution in [2.24, 2.45) is 0 Å². The standard InChI is InChI=1S/C27H24N4O4S/c1-17-4-7-22(8-5-17)36(32,33)31-21-10-19(13-28-15-21)20-11-23-24(16-30-27(23)29-14-20)18-6-9-25(34-2)26(12-18)35-3/h4-16,31H,1-3H3,(H,29,30). The number of fused-ring (bicyclic) bond motifs is 1. The molecule has 0 amide bonds. The molecule has 2 N–H and O–H groups in total. The largest absolute Gasteiger partial charge is 0.493 e. The molecule has 36 heavy (non-hydrogen) atoms. The molecule has 0 saturated heterocycles. The number of nitrogens with zero attached hydrogens (tertiary/aromatic N) is 2. The average Bonchev–Trinajstić information content (AvgIpc) is 3.32. The van der Waals surface area contributed by atoms with Gasteiger partial charge in [0.15, 0.2) is 11.5 Å². The van der Waals surface area contributed by atoms with Crippen molar-refractivity contribution in [3.8, 4) is 33.8 Å². The fourth-order valence-electron chi connectivity index (χ4n) is 3.99. The maximum atomic E-state index is 12.8. The molecule has 3 aromatic heterocycles. The van der Waals surface area contributed by atoms with Crippen LogP contribution >= 0.6 is 0 Å². The number of H-pyrrole nitrogens is 1. The molecular formula is C27H24N4O4S. The minimum atomic E-state index is -3.74. The van der Waals surface area contributed by atoms with Crippen molar-refractivity contribution in [1.29, 1.82) is 0 Å². The summed E-state index contributed by atoms with van der Waals surface area (Å²) in [6.45, 7) is 1.91. The highest BCUT2D eigenvalue weighted by atomic mass is 32.2. The number of ether oxygens (including phenoxy) is 2. The number of hydrogen-bond acceptors (Lipinski definition) is 6. The number of sulfonamides is 1. The Balaban J connectivity index is 1.49. The zero-order valence-corrected chi connectivity index (χ0v) is 20.8. The lowest BCUT2D eigenvalue weighted by Crippen LogP contribution is -2.13. The summed E-state index contributed by atoms with van der Waals surface area (Å²) in [6.07, 6.45) is 6.78. The predicted molar refractivity (Wildman–Crippen MR) is 140 cm³/mol.